The van der Waals surface area contributed by atoms with Crippen LogP contribution in [0.3, 0.4) is 0 Å². The van der Waals surface area contributed by atoms with Gasteiger partial charge in [-0.1, -0.05) is 0 Å². The summed E-state index contributed by atoms with van der Waals surface area (Å²) >= 11 is 1.45. The van der Waals surface area contributed by atoms with Gasteiger partial charge in [0.2, 0.25) is 0 Å². The first-order chi connectivity index (χ1) is 16.0. The van der Waals surface area contributed by atoms with E-state index in [1.165, 1.54) is 11.3 Å². The number of hydrogen-bond donors (Lipinski definition) is 0. The van der Waals surface area contributed by atoms with E-state index in [9.17, 15) is 9.90 Å². The summed E-state index contributed by atoms with van der Waals surface area (Å²) in [7, 11) is 4.73. The molecule has 2 heterocycles. The summed E-state index contributed by atoms with van der Waals surface area (Å²) in [5.41, 5.74) is 0.619. The maximum atomic E-state index is 12.0. The van der Waals surface area contributed by atoms with Gasteiger partial charge in [-0.15, -0.1) is 11.3 Å². The van der Waals surface area contributed by atoms with Gasteiger partial charge in [-0.25, -0.2) is 0 Å². The molecule has 0 amide bonds. The van der Waals surface area contributed by atoms with Crippen LogP contribution < -0.4 is 53.6 Å². The zero-order valence-corrected chi connectivity index (χ0v) is 22.2. The molecule has 0 saturated carbocycles. The molecule has 170 valence electrons. The number of ether oxygens (including phenoxy) is 4. The summed E-state index contributed by atoms with van der Waals surface area (Å²) < 4.78 is 23.3. The van der Waals surface area contributed by atoms with Crippen LogP contribution in [0.1, 0.15) is 16.4 Å². The number of nitrogens with zero attached hydrogens (tertiary/aromatic N) is 1. The average Bonchev–Trinajstić information content (AvgIpc) is 3.18. The normalized spacial score (nSPS) is 11.4. The molecule has 7 nitrogen and oxygen atoms in total. The monoisotopic (exact) mass is 487 g/mol. The Morgan fingerprint density at radius 2 is 1.56 bits per heavy atom. The molecule has 0 radical (unpaired) electrons. The molecule has 9 heteroatoms. The van der Waals surface area contributed by atoms with Crippen molar-refractivity contribution in [2.75, 3.05) is 21.3 Å². The van der Waals surface area contributed by atoms with E-state index in [0.29, 0.717) is 34.3 Å². The number of methoxy groups -OCH3 is 3. The summed E-state index contributed by atoms with van der Waals surface area (Å²) in [5, 5.41) is 12.8. The van der Waals surface area contributed by atoms with Crippen LogP contribution >= 0.6 is 11.3 Å². The molecule has 4 rings (SSSR count). The molecule has 0 aliphatic carbocycles. The number of fused-ring (bicyclic) bond motifs is 1. The van der Waals surface area contributed by atoms with E-state index < -0.39 is 11.9 Å². The molecule has 2 aromatic heterocycles. The minimum absolute atomic E-state index is 0. The standard InChI is InChI=1S/C25H23NO6S.Na/c1-29-16-4-6-17(7-5-16)32-24-19-12-20(30-2)21(31-3)14-22(19)33-23(24)13-18(25(27)28)15-8-10-26-11-9-15;/h4-12,14,18H,13H2,1-3H3,(H,27,28);/q;+1/p-1. The third-order valence-electron chi connectivity index (χ3n) is 5.28. The number of benzene rings is 2. The van der Waals surface area contributed by atoms with Crippen LogP contribution in [0.5, 0.6) is 28.7 Å². The summed E-state index contributed by atoms with van der Waals surface area (Å²) in [5.74, 6) is 0.993. The Balaban J connectivity index is 0.00000324. The molecule has 34 heavy (non-hydrogen) atoms. The van der Waals surface area contributed by atoms with E-state index in [1.807, 2.05) is 12.1 Å². The fourth-order valence-electron chi connectivity index (χ4n) is 3.58. The maximum Gasteiger partial charge on any atom is 1.00 e. The van der Waals surface area contributed by atoms with Gasteiger partial charge in [-0.05, 0) is 54.4 Å². The van der Waals surface area contributed by atoms with Crippen molar-refractivity contribution in [2.45, 2.75) is 12.3 Å². The molecule has 2 aromatic carbocycles. The largest absolute Gasteiger partial charge is 1.00 e. The predicted molar refractivity (Wildman–Crippen MR) is 124 cm³/mol. The Morgan fingerprint density at radius 1 is 0.941 bits per heavy atom. The fourth-order valence-corrected chi connectivity index (χ4v) is 4.77. The number of aliphatic carboxylic acids is 1. The Hall–Kier alpha value is -2.78. The van der Waals surface area contributed by atoms with Gasteiger partial charge in [0.25, 0.3) is 0 Å². The molecule has 4 aromatic rings. The van der Waals surface area contributed by atoms with Crippen molar-refractivity contribution in [1.29, 1.82) is 0 Å². The van der Waals surface area contributed by atoms with Gasteiger partial charge in [-0.2, -0.15) is 0 Å². The van der Waals surface area contributed by atoms with Gasteiger partial charge < -0.3 is 28.8 Å². The van der Waals surface area contributed by atoms with Crippen molar-refractivity contribution in [3.05, 3.63) is 71.4 Å². The first-order valence-corrected chi connectivity index (χ1v) is 11.0. The van der Waals surface area contributed by atoms with Crippen molar-refractivity contribution in [3.63, 3.8) is 0 Å². The summed E-state index contributed by atoms with van der Waals surface area (Å²) in [6.45, 7) is 0. The van der Waals surface area contributed by atoms with Crippen molar-refractivity contribution >= 4 is 27.4 Å². The van der Waals surface area contributed by atoms with Crippen LogP contribution in [0.15, 0.2) is 60.9 Å². The second kappa shape index (κ2) is 11.6. The van der Waals surface area contributed by atoms with Crippen LogP contribution in [-0.4, -0.2) is 32.3 Å². The van der Waals surface area contributed by atoms with E-state index in [0.717, 1.165) is 15.0 Å². The molecule has 0 aliphatic rings. The van der Waals surface area contributed by atoms with Crippen LogP contribution in [0.2, 0.25) is 0 Å². The third-order valence-corrected chi connectivity index (χ3v) is 6.43. The zero-order valence-electron chi connectivity index (χ0n) is 19.4. The zero-order chi connectivity index (χ0) is 23.4. The van der Waals surface area contributed by atoms with Crippen molar-refractivity contribution < 1.29 is 58.4 Å². The smallest absolute Gasteiger partial charge is 0.549 e. The maximum absolute atomic E-state index is 12.0. The second-order valence-corrected chi connectivity index (χ2v) is 8.33. The first-order valence-electron chi connectivity index (χ1n) is 10.1. The van der Waals surface area contributed by atoms with Gasteiger partial charge in [-0.3, -0.25) is 4.98 Å². The van der Waals surface area contributed by atoms with Gasteiger partial charge in [0.05, 0.1) is 21.3 Å². The van der Waals surface area contributed by atoms with Crippen molar-refractivity contribution in [2.24, 2.45) is 0 Å². The second-order valence-electron chi connectivity index (χ2n) is 7.19. The number of pyridine rings is 1. The number of carbonyl (C=O) groups is 1. The summed E-state index contributed by atoms with van der Waals surface area (Å²) in [6, 6.07) is 14.3. The molecule has 1 unspecified atom stereocenters. The molecular formula is C25H22NNaO6S. The number of rotatable bonds is 9. The van der Waals surface area contributed by atoms with E-state index >= 15 is 0 Å². The SMILES string of the molecule is COc1ccc(Oc2c(CC(C(=O)[O-])c3ccncc3)sc3cc(OC)c(OC)cc23)cc1.[Na+]. The van der Waals surface area contributed by atoms with E-state index in [2.05, 4.69) is 4.98 Å². The number of aromatic nitrogens is 1. The van der Waals surface area contributed by atoms with E-state index in [4.69, 9.17) is 18.9 Å². The van der Waals surface area contributed by atoms with Gasteiger partial charge in [0, 0.05) is 45.3 Å². The number of carbonyl (C=O) groups excluding carboxylic acids is 1. The van der Waals surface area contributed by atoms with Crippen LogP contribution in [0.25, 0.3) is 10.1 Å². The number of hydrogen-bond acceptors (Lipinski definition) is 8. The molecule has 0 bridgehead atoms. The first kappa shape index (κ1) is 25.8. The summed E-state index contributed by atoms with van der Waals surface area (Å²) in [4.78, 5) is 16.8. The third kappa shape index (κ3) is 5.47. The van der Waals surface area contributed by atoms with Crippen LogP contribution in [0, 0.1) is 0 Å². The topological polar surface area (TPSA) is 89.9 Å². The van der Waals surface area contributed by atoms with Crippen molar-refractivity contribution in [1.82, 2.24) is 4.98 Å². The predicted octanol–water partition coefficient (Wildman–Crippen LogP) is 1.19. The van der Waals surface area contributed by atoms with Gasteiger partial charge >= 0.3 is 29.6 Å². The Bertz CT molecular complexity index is 1260. The average molecular weight is 488 g/mol. The Labute approximate surface area is 223 Å². The molecule has 0 spiro atoms. The number of thiophene rings is 1. The summed E-state index contributed by atoms with van der Waals surface area (Å²) in [6.07, 6.45) is 3.34. The van der Waals surface area contributed by atoms with Crippen LogP contribution in [-0.2, 0) is 11.2 Å². The Morgan fingerprint density at radius 3 is 2.15 bits per heavy atom. The van der Waals surface area contributed by atoms with Crippen LogP contribution in [0.4, 0.5) is 0 Å². The molecule has 0 fully saturated rings. The van der Waals surface area contributed by atoms with Gasteiger partial charge in [0.1, 0.15) is 17.2 Å². The van der Waals surface area contributed by atoms with E-state index in [-0.39, 0.29) is 36.0 Å². The number of carboxylic acids is 1. The van der Waals surface area contributed by atoms with E-state index in [1.54, 1.807) is 70.1 Å². The Kier molecular flexibility index (Phi) is 8.79. The molecule has 1 atom stereocenters. The fraction of sp³-hybridized carbons (Fsp3) is 0.200. The quantitative estimate of drug-likeness (QED) is 0.328. The number of carboxylic acid groups (broad SMARTS) is 1. The molecule has 0 saturated heterocycles. The molecule has 0 N–H and O–H groups in total. The molecular weight excluding hydrogens is 465 g/mol. The van der Waals surface area contributed by atoms with Gasteiger partial charge in [0.15, 0.2) is 11.5 Å². The molecule has 0 aliphatic heterocycles. The minimum Gasteiger partial charge on any atom is -0.549 e. The van der Waals surface area contributed by atoms with Crippen molar-refractivity contribution in [3.8, 4) is 28.7 Å². The minimum atomic E-state index is -1.16.